The molecule has 1 unspecified atom stereocenters. The number of hydrogen-bond donors (Lipinski definition) is 3. The molecule has 2 aromatic carbocycles. The number of amides is 4. The van der Waals surface area contributed by atoms with E-state index in [4.69, 9.17) is 0 Å². The number of rotatable bonds is 9. The van der Waals surface area contributed by atoms with E-state index in [0.29, 0.717) is 23.9 Å². The second-order valence-corrected chi connectivity index (χ2v) is 9.47. The lowest BCUT2D eigenvalue weighted by Crippen LogP contribution is -2.53. The third-order valence-corrected chi connectivity index (χ3v) is 6.59. The van der Waals surface area contributed by atoms with Crippen molar-refractivity contribution >= 4 is 29.6 Å². The summed E-state index contributed by atoms with van der Waals surface area (Å²) < 4.78 is 1.92. The highest BCUT2D eigenvalue weighted by molar-refractivity contribution is 7.99. The van der Waals surface area contributed by atoms with Crippen LogP contribution in [0.4, 0.5) is 4.79 Å². The van der Waals surface area contributed by atoms with Crippen LogP contribution in [0.5, 0.6) is 0 Å². The second-order valence-electron chi connectivity index (χ2n) is 8.53. The normalized spacial score (nSPS) is 15.4. The summed E-state index contributed by atoms with van der Waals surface area (Å²) in [5.41, 5.74) is 4.17. The van der Waals surface area contributed by atoms with Gasteiger partial charge in [-0.25, -0.2) is 4.79 Å². The van der Waals surface area contributed by atoms with E-state index in [-0.39, 0.29) is 30.0 Å². The molecule has 35 heavy (non-hydrogen) atoms. The van der Waals surface area contributed by atoms with Crippen molar-refractivity contribution in [3.63, 3.8) is 0 Å². The first-order valence-electron chi connectivity index (χ1n) is 11.4. The van der Waals surface area contributed by atoms with Crippen molar-refractivity contribution < 1.29 is 14.4 Å². The molecule has 0 radical (unpaired) electrons. The molecule has 0 saturated carbocycles. The van der Waals surface area contributed by atoms with E-state index in [1.165, 1.54) is 17.3 Å². The van der Waals surface area contributed by atoms with Gasteiger partial charge >= 0.3 is 6.03 Å². The predicted molar refractivity (Wildman–Crippen MR) is 133 cm³/mol. The van der Waals surface area contributed by atoms with Crippen LogP contribution in [-0.4, -0.2) is 50.9 Å². The Morgan fingerprint density at radius 2 is 1.94 bits per heavy atom. The van der Waals surface area contributed by atoms with Crippen molar-refractivity contribution in [2.75, 3.05) is 12.3 Å². The van der Waals surface area contributed by atoms with E-state index >= 15 is 0 Å². The Hall–Kier alpha value is -3.66. The van der Waals surface area contributed by atoms with Crippen LogP contribution in [0.25, 0.3) is 5.69 Å². The first-order valence-corrected chi connectivity index (χ1v) is 12.4. The zero-order chi connectivity index (χ0) is 24.8. The van der Waals surface area contributed by atoms with Gasteiger partial charge in [-0.05, 0) is 43.0 Å². The van der Waals surface area contributed by atoms with Gasteiger partial charge in [0, 0.05) is 25.4 Å². The van der Waals surface area contributed by atoms with Crippen molar-refractivity contribution in [2.24, 2.45) is 0 Å². The molecular weight excluding hydrogens is 464 g/mol. The summed E-state index contributed by atoms with van der Waals surface area (Å²) in [6.07, 6.45) is 1.27. The summed E-state index contributed by atoms with van der Waals surface area (Å²) in [7, 11) is 0. The van der Waals surface area contributed by atoms with E-state index in [1.807, 2.05) is 66.9 Å². The summed E-state index contributed by atoms with van der Waals surface area (Å²) in [5.74, 6) is 0.406. The highest BCUT2D eigenvalue weighted by Crippen LogP contribution is 2.26. The van der Waals surface area contributed by atoms with Gasteiger partial charge in [-0.1, -0.05) is 54.2 Å². The van der Waals surface area contributed by atoms with Crippen LogP contribution >= 0.6 is 11.8 Å². The molecule has 0 spiro atoms. The summed E-state index contributed by atoms with van der Waals surface area (Å²) in [4.78, 5) is 36.1. The van der Waals surface area contributed by atoms with E-state index < -0.39 is 6.03 Å². The smallest absolute Gasteiger partial charge is 0.321 e. The SMILES string of the molecule is Cc1ccc(C)c(-n2c(CC3CC(=O)NC(=O)N3)nnc2SCC(=O)NCCc2ccccc2)c1. The summed E-state index contributed by atoms with van der Waals surface area (Å²) in [6, 6.07) is 15.2. The molecule has 1 aromatic heterocycles. The molecule has 182 valence electrons. The molecule has 9 nitrogen and oxygen atoms in total. The highest BCUT2D eigenvalue weighted by atomic mass is 32.2. The number of benzene rings is 2. The maximum atomic E-state index is 12.5. The minimum absolute atomic E-state index is 0.0841. The van der Waals surface area contributed by atoms with E-state index in [1.54, 1.807) is 0 Å². The van der Waals surface area contributed by atoms with Gasteiger partial charge in [0.15, 0.2) is 5.16 Å². The fraction of sp³-hybridized carbons (Fsp3) is 0.320. The number of thioether (sulfide) groups is 1. The van der Waals surface area contributed by atoms with Gasteiger partial charge in [-0.15, -0.1) is 10.2 Å². The van der Waals surface area contributed by atoms with Gasteiger partial charge in [-0.3, -0.25) is 19.5 Å². The third kappa shape index (κ3) is 6.48. The van der Waals surface area contributed by atoms with Crippen molar-refractivity contribution in [2.45, 2.75) is 44.3 Å². The summed E-state index contributed by atoms with van der Waals surface area (Å²) in [6.45, 7) is 4.56. The Balaban J connectivity index is 1.48. The van der Waals surface area contributed by atoms with Crippen molar-refractivity contribution in [1.29, 1.82) is 0 Å². The molecule has 0 aliphatic carbocycles. The molecule has 1 aliphatic heterocycles. The molecule has 1 aliphatic rings. The Labute approximate surface area is 208 Å². The fourth-order valence-corrected chi connectivity index (χ4v) is 4.71. The lowest BCUT2D eigenvalue weighted by molar-refractivity contribution is -0.121. The van der Waals surface area contributed by atoms with E-state index in [2.05, 4.69) is 26.1 Å². The maximum absolute atomic E-state index is 12.5. The van der Waals surface area contributed by atoms with Gasteiger partial charge in [0.05, 0.1) is 11.4 Å². The zero-order valence-electron chi connectivity index (χ0n) is 19.7. The molecule has 3 aromatic rings. The highest BCUT2D eigenvalue weighted by Gasteiger charge is 2.27. The third-order valence-electron chi connectivity index (χ3n) is 5.67. The van der Waals surface area contributed by atoms with Crippen LogP contribution in [0.2, 0.25) is 0 Å². The first-order chi connectivity index (χ1) is 16.9. The fourth-order valence-electron chi connectivity index (χ4n) is 3.92. The molecular formula is C25H28N6O3S. The van der Waals surface area contributed by atoms with Crippen LogP contribution in [-0.2, 0) is 22.4 Å². The number of aromatic nitrogens is 3. The van der Waals surface area contributed by atoms with Gasteiger partial charge in [-0.2, -0.15) is 0 Å². The van der Waals surface area contributed by atoms with Crippen LogP contribution in [0, 0.1) is 13.8 Å². The standard InChI is InChI=1S/C25H28N6O3S/c1-16-8-9-17(2)20(12-16)31-21(13-19-14-22(32)28-24(34)27-19)29-30-25(31)35-15-23(33)26-11-10-18-6-4-3-5-7-18/h3-9,12,19H,10-11,13-15H2,1-2H3,(H,26,33)(H2,27,28,32,34). The van der Waals surface area contributed by atoms with Crippen LogP contribution < -0.4 is 16.0 Å². The Bertz CT molecular complexity index is 1210. The number of carbonyl (C=O) groups excluding carboxylic acids is 3. The van der Waals surface area contributed by atoms with Gasteiger partial charge in [0.25, 0.3) is 0 Å². The zero-order valence-corrected chi connectivity index (χ0v) is 20.5. The molecule has 3 N–H and O–H groups in total. The largest absolute Gasteiger partial charge is 0.355 e. The number of imide groups is 1. The predicted octanol–water partition coefficient (Wildman–Crippen LogP) is 2.48. The Kier molecular flexibility index (Phi) is 7.81. The Morgan fingerprint density at radius 1 is 1.14 bits per heavy atom. The van der Waals surface area contributed by atoms with Crippen LogP contribution in [0.15, 0.2) is 53.7 Å². The average molecular weight is 493 g/mol. The lowest BCUT2D eigenvalue weighted by atomic mass is 10.1. The molecule has 0 bridgehead atoms. The van der Waals surface area contributed by atoms with Gasteiger partial charge < -0.3 is 10.6 Å². The molecule has 4 amide bonds. The monoisotopic (exact) mass is 492 g/mol. The molecule has 10 heteroatoms. The van der Waals surface area contributed by atoms with Crippen molar-refractivity contribution in [3.05, 3.63) is 71.0 Å². The van der Waals surface area contributed by atoms with Crippen LogP contribution in [0.3, 0.4) is 0 Å². The summed E-state index contributed by atoms with van der Waals surface area (Å²) in [5, 5.41) is 17.3. The molecule has 1 fully saturated rings. The van der Waals surface area contributed by atoms with Crippen LogP contribution in [0.1, 0.15) is 28.9 Å². The number of hydrogen-bond acceptors (Lipinski definition) is 6. The minimum Gasteiger partial charge on any atom is -0.355 e. The number of urea groups is 1. The number of aryl methyl sites for hydroxylation is 2. The van der Waals surface area contributed by atoms with Gasteiger partial charge in [0.2, 0.25) is 11.8 Å². The first kappa shape index (κ1) is 24.5. The quantitative estimate of drug-likeness (QED) is 0.395. The number of nitrogens with zero attached hydrogens (tertiary/aromatic N) is 3. The van der Waals surface area contributed by atoms with E-state index in [9.17, 15) is 14.4 Å². The van der Waals surface area contributed by atoms with Gasteiger partial charge in [0.1, 0.15) is 5.82 Å². The van der Waals surface area contributed by atoms with E-state index in [0.717, 1.165) is 23.2 Å². The summed E-state index contributed by atoms with van der Waals surface area (Å²) >= 11 is 1.31. The lowest BCUT2D eigenvalue weighted by Gasteiger charge is -2.23. The number of carbonyl (C=O) groups is 3. The van der Waals surface area contributed by atoms with Crippen molar-refractivity contribution in [3.8, 4) is 5.69 Å². The van der Waals surface area contributed by atoms with Crippen molar-refractivity contribution in [1.82, 2.24) is 30.7 Å². The number of nitrogens with one attached hydrogen (secondary N) is 3. The molecule has 2 heterocycles. The molecule has 4 rings (SSSR count). The second kappa shape index (κ2) is 11.2. The maximum Gasteiger partial charge on any atom is 0.321 e. The Morgan fingerprint density at radius 3 is 2.71 bits per heavy atom. The minimum atomic E-state index is -0.508. The molecule has 1 saturated heterocycles. The molecule has 1 atom stereocenters. The average Bonchev–Trinajstić information content (AvgIpc) is 3.21. The topological polar surface area (TPSA) is 118 Å².